The third-order valence-electron chi connectivity index (χ3n) is 3.09. The maximum atomic E-state index is 12.1. The van der Waals surface area contributed by atoms with Gasteiger partial charge in [0.25, 0.3) is 0 Å². The molecule has 1 aromatic carbocycles. The fourth-order valence-corrected chi connectivity index (χ4v) is 3.20. The highest BCUT2D eigenvalue weighted by atomic mass is 32.2. The van der Waals surface area contributed by atoms with Gasteiger partial charge in [-0.25, -0.2) is 4.79 Å². The summed E-state index contributed by atoms with van der Waals surface area (Å²) in [5.74, 6) is 1.06. The molecule has 4 nitrogen and oxygen atoms in total. The Morgan fingerprint density at radius 1 is 1.36 bits per heavy atom. The van der Waals surface area contributed by atoms with Gasteiger partial charge in [0.05, 0.1) is 11.1 Å². The van der Waals surface area contributed by atoms with Crippen LogP contribution >= 0.6 is 11.8 Å². The van der Waals surface area contributed by atoms with Crippen LogP contribution in [0.25, 0.3) is 0 Å². The van der Waals surface area contributed by atoms with Crippen molar-refractivity contribution in [3.8, 4) is 0 Å². The summed E-state index contributed by atoms with van der Waals surface area (Å²) in [6, 6.07) is 10.0. The molecule has 0 aromatic heterocycles. The number of amides is 1. The minimum absolute atomic E-state index is 0.123. The molecule has 1 N–H and O–H groups in total. The Hall–Kier alpha value is -1.49. The van der Waals surface area contributed by atoms with E-state index in [4.69, 9.17) is 4.74 Å². The number of ether oxygens (including phenoxy) is 1. The molecule has 5 heteroatoms. The summed E-state index contributed by atoms with van der Waals surface area (Å²) in [5, 5.41) is 3.98. The zero-order valence-corrected chi connectivity index (χ0v) is 14.3. The predicted octanol–water partition coefficient (Wildman–Crippen LogP) is 3.66. The molecule has 0 spiro atoms. The molecule has 0 unspecified atom stereocenters. The molecule has 1 amide bonds. The van der Waals surface area contributed by atoms with E-state index in [0.717, 1.165) is 30.2 Å². The summed E-state index contributed by atoms with van der Waals surface area (Å²) in [6.45, 7) is 6.44. The van der Waals surface area contributed by atoms with Crippen molar-refractivity contribution in [1.29, 1.82) is 0 Å². The second-order valence-corrected chi connectivity index (χ2v) is 7.43. The third-order valence-corrected chi connectivity index (χ3v) is 4.29. The number of rotatable bonds is 4. The molecule has 0 radical (unpaired) electrons. The van der Waals surface area contributed by atoms with E-state index in [-0.39, 0.29) is 12.1 Å². The topological polar surface area (TPSA) is 50.7 Å². The Bertz CT molecular complexity index is 523. The average Bonchev–Trinajstić information content (AvgIpc) is 2.47. The molecule has 1 aromatic rings. The smallest absolute Gasteiger partial charge is 0.408 e. The summed E-state index contributed by atoms with van der Waals surface area (Å²) in [5.41, 5.74) is 0.681. The summed E-state index contributed by atoms with van der Waals surface area (Å²) >= 11 is 1.73. The number of aliphatic imine (C=N–C) groups is 1. The SMILES string of the molecule is CC(C)(C)OC(=O)N[C@@H](Cc1ccccc1)C1=NCCCS1. The molecular weight excluding hydrogens is 296 g/mol. The highest BCUT2D eigenvalue weighted by molar-refractivity contribution is 8.14. The molecule has 2 rings (SSSR count). The van der Waals surface area contributed by atoms with Crippen molar-refractivity contribution < 1.29 is 9.53 Å². The predicted molar refractivity (Wildman–Crippen MR) is 92.7 cm³/mol. The summed E-state index contributed by atoms with van der Waals surface area (Å²) in [6.07, 6.45) is 1.44. The van der Waals surface area contributed by atoms with E-state index in [1.807, 2.05) is 39.0 Å². The lowest BCUT2D eigenvalue weighted by Gasteiger charge is -2.25. The molecule has 0 bridgehead atoms. The van der Waals surface area contributed by atoms with E-state index in [2.05, 4.69) is 22.4 Å². The number of nitrogens with zero attached hydrogens (tertiary/aromatic N) is 1. The van der Waals surface area contributed by atoms with Crippen molar-refractivity contribution in [2.24, 2.45) is 4.99 Å². The van der Waals surface area contributed by atoms with E-state index in [1.165, 1.54) is 5.56 Å². The highest BCUT2D eigenvalue weighted by Crippen LogP contribution is 2.18. The van der Waals surface area contributed by atoms with Crippen LogP contribution in [-0.4, -0.2) is 35.1 Å². The van der Waals surface area contributed by atoms with E-state index in [0.29, 0.717) is 0 Å². The lowest BCUT2D eigenvalue weighted by Crippen LogP contribution is -2.44. The van der Waals surface area contributed by atoms with Crippen LogP contribution in [0.3, 0.4) is 0 Å². The second kappa shape index (κ2) is 7.68. The molecular formula is C17H24N2O2S. The van der Waals surface area contributed by atoms with Gasteiger partial charge in [0, 0.05) is 12.3 Å². The van der Waals surface area contributed by atoms with Crippen molar-refractivity contribution in [1.82, 2.24) is 5.32 Å². The van der Waals surface area contributed by atoms with E-state index < -0.39 is 5.60 Å². The van der Waals surface area contributed by atoms with Gasteiger partial charge in [-0.1, -0.05) is 30.3 Å². The fraction of sp³-hybridized carbons (Fsp3) is 0.529. The van der Waals surface area contributed by atoms with Crippen molar-refractivity contribution in [3.63, 3.8) is 0 Å². The van der Waals surface area contributed by atoms with Crippen LogP contribution < -0.4 is 5.32 Å². The van der Waals surface area contributed by atoms with Crippen LogP contribution in [0.15, 0.2) is 35.3 Å². The standard InChI is InChI=1S/C17H24N2O2S/c1-17(2,3)21-16(20)19-14(15-18-10-7-11-22-15)12-13-8-5-4-6-9-13/h4-6,8-9,14H,7,10-12H2,1-3H3,(H,19,20)/t14-/m0/s1. The Balaban J connectivity index is 2.07. The number of hydrogen-bond donors (Lipinski definition) is 1. The van der Waals surface area contributed by atoms with E-state index in [1.54, 1.807) is 11.8 Å². The lowest BCUT2D eigenvalue weighted by atomic mass is 10.1. The van der Waals surface area contributed by atoms with Gasteiger partial charge in [-0.05, 0) is 39.2 Å². The van der Waals surface area contributed by atoms with Gasteiger partial charge >= 0.3 is 6.09 Å². The van der Waals surface area contributed by atoms with Crippen LogP contribution in [0.4, 0.5) is 4.79 Å². The molecule has 1 atom stereocenters. The first-order valence-electron chi connectivity index (χ1n) is 7.64. The normalized spacial score (nSPS) is 16.6. The zero-order valence-electron chi connectivity index (χ0n) is 13.5. The Kier molecular flexibility index (Phi) is 5.89. The van der Waals surface area contributed by atoms with Crippen LogP contribution in [-0.2, 0) is 11.2 Å². The van der Waals surface area contributed by atoms with Gasteiger partial charge in [-0.15, -0.1) is 11.8 Å². The maximum Gasteiger partial charge on any atom is 0.408 e. The first-order chi connectivity index (χ1) is 10.4. The van der Waals surface area contributed by atoms with Gasteiger partial charge in [-0.3, -0.25) is 4.99 Å². The molecule has 0 saturated heterocycles. The van der Waals surface area contributed by atoms with Crippen LogP contribution in [0, 0.1) is 0 Å². The van der Waals surface area contributed by atoms with Crippen LogP contribution in [0.5, 0.6) is 0 Å². The number of carbonyl (C=O) groups is 1. The molecule has 1 aliphatic heterocycles. The average molecular weight is 320 g/mol. The minimum atomic E-state index is -0.497. The fourth-order valence-electron chi connectivity index (χ4n) is 2.19. The number of nitrogens with one attached hydrogen (secondary N) is 1. The molecule has 1 aliphatic rings. The number of alkyl carbamates (subject to hydrolysis) is 1. The highest BCUT2D eigenvalue weighted by Gasteiger charge is 2.24. The van der Waals surface area contributed by atoms with Crippen LogP contribution in [0.1, 0.15) is 32.8 Å². The van der Waals surface area contributed by atoms with Gasteiger partial charge in [0.15, 0.2) is 0 Å². The Morgan fingerprint density at radius 3 is 2.68 bits per heavy atom. The number of thioether (sulfide) groups is 1. The van der Waals surface area contributed by atoms with E-state index >= 15 is 0 Å². The van der Waals surface area contributed by atoms with Gasteiger partial charge < -0.3 is 10.1 Å². The quantitative estimate of drug-likeness (QED) is 0.921. The number of carbonyl (C=O) groups excluding carboxylic acids is 1. The Morgan fingerprint density at radius 2 is 2.09 bits per heavy atom. The van der Waals surface area contributed by atoms with Crippen molar-refractivity contribution in [3.05, 3.63) is 35.9 Å². The maximum absolute atomic E-state index is 12.1. The van der Waals surface area contributed by atoms with Gasteiger partial charge in [-0.2, -0.15) is 0 Å². The molecule has 0 saturated carbocycles. The summed E-state index contributed by atoms with van der Waals surface area (Å²) in [4.78, 5) is 16.7. The molecule has 120 valence electrons. The first-order valence-corrected chi connectivity index (χ1v) is 8.63. The van der Waals surface area contributed by atoms with Gasteiger partial charge in [0.2, 0.25) is 0 Å². The van der Waals surface area contributed by atoms with Gasteiger partial charge in [0.1, 0.15) is 5.60 Å². The molecule has 22 heavy (non-hydrogen) atoms. The largest absolute Gasteiger partial charge is 0.444 e. The Labute approximate surface area is 136 Å². The van der Waals surface area contributed by atoms with Crippen molar-refractivity contribution >= 4 is 22.9 Å². The number of hydrogen-bond acceptors (Lipinski definition) is 4. The zero-order chi connectivity index (χ0) is 16.0. The monoisotopic (exact) mass is 320 g/mol. The lowest BCUT2D eigenvalue weighted by molar-refractivity contribution is 0.0518. The third kappa shape index (κ3) is 5.72. The summed E-state index contributed by atoms with van der Waals surface area (Å²) in [7, 11) is 0. The molecule has 0 aliphatic carbocycles. The number of benzene rings is 1. The van der Waals surface area contributed by atoms with E-state index in [9.17, 15) is 4.79 Å². The minimum Gasteiger partial charge on any atom is -0.444 e. The summed E-state index contributed by atoms with van der Waals surface area (Å²) < 4.78 is 5.38. The van der Waals surface area contributed by atoms with Crippen molar-refractivity contribution in [2.75, 3.05) is 12.3 Å². The first kappa shape index (κ1) is 16.9. The molecule has 1 heterocycles. The molecule has 0 fully saturated rings. The van der Waals surface area contributed by atoms with Crippen molar-refractivity contribution in [2.45, 2.75) is 45.3 Å². The second-order valence-electron chi connectivity index (χ2n) is 6.31. The van der Waals surface area contributed by atoms with Crippen LogP contribution in [0.2, 0.25) is 0 Å².